The van der Waals surface area contributed by atoms with Crippen LogP contribution in [0.2, 0.25) is 0 Å². The van der Waals surface area contributed by atoms with Crippen LogP contribution in [0.1, 0.15) is 67.4 Å². The SMILES string of the molecule is CCCCCCCOc1ccccc1C1(C)Nc2ccccc2C(=O)N1Cc1ccccc1. The Labute approximate surface area is 197 Å². The lowest BCUT2D eigenvalue weighted by Crippen LogP contribution is -2.55. The molecule has 1 unspecified atom stereocenters. The highest BCUT2D eigenvalue weighted by Gasteiger charge is 2.44. The Kier molecular flexibility index (Phi) is 7.33. The number of carbonyl (C=O) groups is 1. The van der Waals surface area contributed by atoms with Crippen LogP contribution in [0.5, 0.6) is 5.75 Å². The van der Waals surface area contributed by atoms with Crippen molar-refractivity contribution in [2.75, 3.05) is 11.9 Å². The molecule has 1 N–H and O–H groups in total. The van der Waals surface area contributed by atoms with Gasteiger partial charge in [-0.25, -0.2) is 0 Å². The van der Waals surface area contributed by atoms with Gasteiger partial charge in [0.2, 0.25) is 0 Å². The van der Waals surface area contributed by atoms with Crippen molar-refractivity contribution in [3.05, 3.63) is 95.6 Å². The molecule has 33 heavy (non-hydrogen) atoms. The van der Waals surface area contributed by atoms with Crippen molar-refractivity contribution < 1.29 is 9.53 Å². The Bertz CT molecular complexity index is 1070. The second-order valence-electron chi connectivity index (χ2n) is 8.88. The van der Waals surface area contributed by atoms with E-state index < -0.39 is 5.66 Å². The Hall–Kier alpha value is -3.27. The van der Waals surface area contributed by atoms with Crippen molar-refractivity contribution >= 4 is 11.6 Å². The van der Waals surface area contributed by atoms with Gasteiger partial charge in [0.25, 0.3) is 5.91 Å². The first kappa shape index (κ1) is 22.9. The van der Waals surface area contributed by atoms with E-state index in [1.807, 2.05) is 65.6 Å². The van der Waals surface area contributed by atoms with Gasteiger partial charge < -0.3 is 15.0 Å². The minimum atomic E-state index is -0.750. The molecule has 0 bridgehead atoms. The van der Waals surface area contributed by atoms with Gasteiger partial charge in [-0.2, -0.15) is 0 Å². The molecule has 0 fully saturated rings. The minimum absolute atomic E-state index is 0.0186. The number of ether oxygens (including phenoxy) is 1. The third kappa shape index (κ3) is 5.05. The van der Waals surface area contributed by atoms with Crippen LogP contribution in [0.4, 0.5) is 5.69 Å². The number of para-hydroxylation sites is 2. The first-order valence-corrected chi connectivity index (χ1v) is 12.1. The summed E-state index contributed by atoms with van der Waals surface area (Å²) in [5, 5.41) is 3.67. The summed E-state index contributed by atoms with van der Waals surface area (Å²) in [6.07, 6.45) is 5.97. The topological polar surface area (TPSA) is 41.6 Å². The summed E-state index contributed by atoms with van der Waals surface area (Å²) in [5.74, 6) is 0.846. The number of hydrogen-bond acceptors (Lipinski definition) is 3. The van der Waals surface area contributed by atoms with Gasteiger partial charge in [-0.05, 0) is 37.1 Å². The average molecular weight is 443 g/mol. The van der Waals surface area contributed by atoms with E-state index in [0.29, 0.717) is 18.7 Å². The lowest BCUT2D eigenvalue weighted by Gasteiger charge is -2.47. The van der Waals surface area contributed by atoms with E-state index in [1.54, 1.807) is 0 Å². The lowest BCUT2D eigenvalue weighted by atomic mass is 9.92. The predicted molar refractivity (Wildman–Crippen MR) is 134 cm³/mol. The highest BCUT2D eigenvalue weighted by molar-refractivity contribution is 6.02. The fourth-order valence-electron chi connectivity index (χ4n) is 4.55. The second kappa shape index (κ2) is 10.6. The maximum Gasteiger partial charge on any atom is 0.258 e. The zero-order valence-electron chi connectivity index (χ0n) is 19.7. The van der Waals surface area contributed by atoms with Crippen LogP contribution in [0, 0.1) is 0 Å². The number of amides is 1. The normalized spacial score (nSPS) is 17.4. The molecule has 4 rings (SSSR count). The van der Waals surface area contributed by atoms with E-state index in [2.05, 4.69) is 37.4 Å². The molecule has 172 valence electrons. The van der Waals surface area contributed by atoms with Gasteiger partial charge in [0.1, 0.15) is 11.4 Å². The maximum atomic E-state index is 13.7. The van der Waals surface area contributed by atoms with Gasteiger partial charge >= 0.3 is 0 Å². The largest absolute Gasteiger partial charge is 0.493 e. The fourth-order valence-corrected chi connectivity index (χ4v) is 4.55. The molecule has 0 saturated heterocycles. The first-order chi connectivity index (χ1) is 16.1. The number of hydrogen-bond donors (Lipinski definition) is 1. The molecule has 0 radical (unpaired) electrons. The van der Waals surface area contributed by atoms with Gasteiger partial charge in [0.05, 0.1) is 12.2 Å². The number of nitrogens with one attached hydrogen (secondary N) is 1. The second-order valence-corrected chi connectivity index (χ2v) is 8.88. The summed E-state index contributed by atoms with van der Waals surface area (Å²) in [4.78, 5) is 15.7. The van der Waals surface area contributed by atoms with E-state index in [0.717, 1.165) is 29.0 Å². The molecule has 3 aromatic carbocycles. The predicted octanol–water partition coefficient (Wildman–Crippen LogP) is 6.98. The number of unbranched alkanes of at least 4 members (excludes halogenated alkanes) is 4. The standard InChI is InChI=1S/C29H34N2O2/c1-3-4-5-6-14-21-33-27-20-13-11-18-25(27)29(2)30-26-19-12-10-17-24(26)28(32)31(29)22-23-15-8-7-9-16-23/h7-13,15-20,30H,3-6,14,21-22H2,1-2H3. The Morgan fingerprint density at radius 1 is 0.848 bits per heavy atom. The van der Waals surface area contributed by atoms with Gasteiger partial charge in [-0.1, -0.05) is 93.3 Å². The van der Waals surface area contributed by atoms with E-state index in [-0.39, 0.29) is 5.91 Å². The van der Waals surface area contributed by atoms with Crippen LogP contribution in [0.15, 0.2) is 78.9 Å². The summed E-state index contributed by atoms with van der Waals surface area (Å²) in [7, 11) is 0. The summed E-state index contributed by atoms with van der Waals surface area (Å²) in [6, 6.07) is 26.0. The summed E-state index contributed by atoms with van der Waals surface area (Å²) in [6.45, 7) is 5.49. The Balaban J connectivity index is 1.66. The van der Waals surface area contributed by atoms with Crippen LogP contribution in [-0.4, -0.2) is 17.4 Å². The fraction of sp³-hybridized carbons (Fsp3) is 0.345. The number of anilines is 1. The van der Waals surface area contributed by atoms with Crippen molar-refractivity contribution in [3.8, 4) is 5.75 Å². The van der Waals surface area contributed by atoms with Crippen LogP contribution >= 0.6 is 0 Å². The number of nitrogens with zero attached hydrogens (tertiary/aromatic N) is 1. The molecule has 4 heteroatoms. The third-order valence-electron chi connectivity index (χ3n) is 6.42. The van der Waals surface area contributed by atoms with E-state index >= 15 is 0 Å². The van der Waals surface area contributed by atoms with Gasteiger partial charge in [0.15, 0.2) is 0 Å². The molecule has 4 nitrogen and oxygen atoms in total. The van der Waals surface area contributed by atoms with Crippen molar-refractivity contribution in [3.63, 3.8) is 0 Å². The minimum Gasteiger partial charge on any atom is -0.493 e. The molecule has 0 aliphatic carbocycles. The molecule has 1 amide bonds. The monoisotopic (exact) mass is 442 g/mol. The average Bonchev–Trinajstić information content (AvgIpc) is 2.85. The van der Waals surface area contributed by atoms with Gasteiger partial charge in [-0.15, -0.1) is 0 Å². The van der Waals surface area contributed by atoms with Crippen LogP contribution < -0.4 is 10.1 Å². The number of carbonyl (C=O) groups excluding carboxylic acids is 1. The molecule has 0 spiro atoms. The Morgan fingerprint density at radius 3 is 2.36 bits per heavy atom. The molecule has 3 aromatic rings. The Morgan fingerprint density at radius 2 is 1.55 bits per heavy atom. The molecule has 0 saturated carbocycles. The molecular formula is C29H34N2O2. The van der Waals surface area contributed by atoms with Crippen molar-refractivity contribution in [2.24, 2.45) is 0 Å². The lowest BCUT2D eigenvalue weighted by molar-refractivity contribution is 0.0502. The van der Waals surface area contributed by atoms with Crippen molar-refractivity contribution in [1.82, 2.24) is 4.90 Å². The third-order valence-corrected chi connectivity index (χ3v) is 6.42. The molecule has 1 atom stereocenters. The van der Waals surface area contributed by atoms with Crippen molar-refractivity contribution in [2.45, 2.75) is 58.2 Å². The summed E-state index contributed by atoms with van der Waals surface area (Å²) in [5.41, 5.74) is 2.86. The highest BCUT2D eigenvalue weighted by Crippen LogP contribution is 2.42. The summed E-state index contributed by atoms with van der Waals surface area (Å²) < 4.78 is 6.28. The van der Waals surface area contributed by atoms with Crippen LogP contribution in [0.3, 0.4) is 0 Å². The summed E-state index contributed by atoms with van der Waals surface area (Å²) >= 11 is 0. The smallest absolute Gasteiger partial charge is 0.258 e. The zero-order valence-corrected chi connectivity index (χ0v) is 19.7. The van der Waals surface area contributed by atoms with Crippen LogP contribution in [0.25, 0.3) is 0 Å². The first-order valence-electron chi connectivity index (χ1n) is 12.1. The van der Waals surface area contributed by atoms with Gasteiger partial charge in [-0.3, -0.25) is 4.79 Å². The van der Waals surface area contributed by atoms with E-state index in [9.17, 15) is 4.79 Å². The molecule has 0 aromatic heterocycles. The molecule has 1 aliphatic heterocycles. The zero-order chi connectivity index (χ0) is 23.1. The van der Waals surface area contributed by atoms with E-state index in [4.69, 9.17) is 4.74 Å². The number of benzene rings is 3. The van der Waals surface area contributed by atoms with Crippen LogP contribution in [-0.2, 0) is 12.2 Å². The van der Waals surface area contributed by atoms with E-state index in [1.165, 1.54) is 25.7 Å². The molecule has 1 aliphatic rings. The highest BCUT2D eigenvalue weighted by atomic mass is 16.5. The van der Waals surface area contributed by atoms with Gasteiger partial charge in [0, 0.05) is 17.8 Å². The quantitative estimate of drug-likeness (QED) is 0.345. The molecule has 1 heterocycles. The maximum absolute atomic E-state index is 13.7. The molecular weight excluding hydrogens is 408 g/mol. The van der Waals surface area contributed by atoms with Crippen molar-refractivity contribution in [1.29, 1.82) is 0 Å². The number of fused-ring (bicyclic) bond motifs is 1. The number of rotatable bonds is 10.